The Kier molecular flexibility index (Phi) is 3.55. The number of allylic oxidation sites excluding steroid dienone is 1. The quantitative estimate of drug-likeness (QED) is 0.754. The summed E-state index contributed by atoms with van der Waals surface area (Å²) in [5.41, 5.74) is -0.449. The number of terminal acetylenes is 1. The lowest BCUT2D eigenvalue weighted by molar-refractivity contribution is -0.132. The van der Waals surface area contributed by atoms with Crippen LogP contribution in [0.4, 0.5) is 0 Å². The second-order valence-corrected chi connectivity index (χ2v) is 8.36. The summed E-state index contributed by atoms with van der Waals surface area (Å²) in [5.74, 6) is 4.38. The van der Waals surface area contributed by atoms with E-state index in [0.717, 1.165) is 37.7 Å². The van der Waals surface area contributed by atoms with E-state index >= 15 is 0 Å². The van der Waals surface area contributed by atoms with Crippen LogP contribution in [0.1, 0.15) is 58.3 Å². The zero-order valence-corrected chi connectivity index (χ0v) is 14.4. The summed E-state index contributed by atoms with van der Waals surface area (Å²) < 4.78 is 0. The summed E-state index contributed by atoms with van der Waals surface area (Å²) >= 11 is 0. The highest BCUT2D eigenvalue weighted by Crippen LogP contribution is 2.65. The van der Waals surface area contributed by atoms with Crippen molar-refractivity contribution in [1.29, 1.82) is 0 Å². The summed E-state index contributed by atoms with van der Waals surface area (Å²) in [6.07, 6.45) is 13.7. The molecule has 0 aromatic rings. The van der Waals surface area contributed by atoms with Gasteiger partial charge in [0.05, 0.1) is 0 Å². The minimum Gasteiger partial charge on any atom is -0.377 e. The van der Waals surface area contributed by atoms with Gasteiger partial charge >= 0.3 is 0 Å². The van der Waals surface area contributed by atoms with E-state index in [-0.39, 0.29) is 22.9 Å². The molecule has 0 heterocycles. The van der Waals surface area contributed by atoms with Crippen LogP contribution < -0.4 is 0 Å². The van der Waals surface area contributed by atoms with Gasteiger partial charge in [0.1, 0.15) is 5.60 Å². The molecule has 3 fully saturated rings. The molecule has 24 heavy (non-hydrogen) atoms. The minimum absolute atomic E-state index is 0.106. The Labute approximate surface area is 143 Å². The first kappa shape index (κ1) is 16.1. The first-order chi connectivity index (χ1) is 11.5. The Morgan fingerprint density at radius 1 is 1.25 bits per heavy atom. The maximum absolute atomic E-state index is 12.7. The highest BCUT2D eigenvalue weighted by Gasteiger charge is 2.64. The lowest BCUT2D eigenvalue weighted by Crippen LogP contribution is -2.54. The Morgan fingerprint density at radius 3 is 2.75 bits per heavy atom. The second kappa shape index (κ2) is 5.30. The van der Waals surface area contributed by atoms with Gasteiger partial charge in [0, 0.05) is 23.8 Å². The van der Waals surface area contributed by atoms with Crippen molar-refractivity contribution in [3.63, 3.8) is 0 Å². The van der Waals surface area contributed by atoms with Gasteiger partial charge in [0.2, 0.25) is 0 Å². The largest absolute Gasteiger partial charge is 0.377 e. The van der Waals surface area contributed by atoms with Crippen LogP contribution in [0.3, 0.4) is 0 Å². The number of hydrogen-bond donors (Lipinski definition) is 1. The fourth-order valence-electron chi connectivity index (χ4n) is 6.76. The molecule has 4 aliphatic rings. The molecule has 0 aromatic heterocycles. The van der Waals surface area contributed by atoms with E-state index < -0.39 is 5.60 Å². The molecule has 0 aromatic carbocycles. The Balaban J connectivity index is 1.72. The lowest BCUT2D eigenvalue weighted by atomic mass is 9.49. The molecule has 0 bridgehead atoms. The van der Waals surface area contributed by atoms with Crippen molar-refractivity contribution in [2.75, 3.05) is 0 Å². The second-order valence-electron chi connectivity index (χ2n) is 8.36. The molecule has 3 saturated carbocycles. The number of Topliss-reactive ketones (excluding diaryl/α,β-unsaturated/α-hetero) is 1. The fraction of sp³-hybridized carbons (Fsp3) is 0.714. The number of carbonyl (C=O) groups excluding carboxylic acids is 2. The van der Waals surface area contributed by atoms with Crippen LogP contribution in [0, 0.1) is 41.4 Å². The Bertz CT molecular complexity index is 669. The van der Waals surface area contributed by atoms with Crippen LogP contribution in [0.15, 0.2) is 11.6 Å². The summed E-state index contributed by atoms with van der Waals surface area (Å²) in [6, 6.07) is 0. The van der Waals surface area contributed by atoms with Gasteiger partial charge in [-0.05, 0) is 68.3 Å². The van der Waals surface area contributed by atoms with Gasteiger partial charge in [-0.25, -0.2) is 0 Å². The van der Waals surface area contributed by atoms with Gasteiger partial charge in [-0.3, -0.25) is 9.59 Å². The van der Waals surface area contributed by atoms with E-state index in [1.807, 2.05) is 0 Å². The Hall–Kier alpha value is -1.40. The third kappa shape index (κ3) is 1.90. The van der Waals surface area contributed by atoms with Crippen molar-refractivity contribution in [2.45, 2.75) is 63.9 Å². The molecule has 0 spiro atoms. The van der Waals surface area contributed by atoms with Crippen LogP contribution in [-0.2, 0) is 9.59 Å². The van der Waals surface area contributed by atoms with Crippen LogP contribution >= 0.6 is 0 Å². The van der Waals surface area contributed by atoms with Gasteiger partial charge < -0.3 is 5.11 Å². The fourth-order valence-corrected chi connectivity index (χ4v) is 6.76. The number of hydrogen-bond acceptors (Lipinski definition) is 3. The summed E-state index contributed by atoms with van der Waals surface area (Å²) in [4.78, 5) is 24.5. The molecular formula is C21H26O3. The molecule has 4 rings (SSSR count). The number of carbonyl (C=O) groups is 2. The van der Waals surface area contributed by atoms with Gasteiger partial charge in [-0.15, -0.1) is 6.42 Å². The predicted octanol–water partition coefficient (Wildman–Crippen LogP) is 3.06. The molecule has 0 saturated heterocycles. The predicted molar refractivity (Wildman–Crippen MR) is 90.9 cm³/mol. The average molecular weight is 326 g/mol. The number of aliphatic hydroxyl groups is 1. The van der Waals surface area contributed by atoms with E-state index in [4.69, 9.17) is 6.42 Å². The van der Waals surface area contributed by atoms with Crippen LogP contribution in [-0.4, -0.2) is 22.3 Å². The summed E-state index contributed by atoms with van der Waals surface area (Å²) in [7, 11) is 0. The third-order valence-electron chi connectivity index (χ3n) is 7.89. The lowest BCUT2D eigenvalue weighted by Gasteiger charge is -2.55. The van der Waals surface area contributed by atoms with E-state index in [9.17, 15) is 14.7 Å². The molecule has 0 unspecified atom stereocenters. The molecule has 3 heteroatoms. The normalized spacial score (nSPS) is 47.3. The van der Waals surface area contributed by atoms with E-state index in [1.54, 1.807) is 6.08 Å². The molecule has 128 valence electrons. The number of ketones is 2. The first-order valence-electron chi connectivity index (χ1n) is 9.43. The van der Waals surface area contributed by atoms with Gasteiger partial charge in [0.15, 0.2) is 11.6 Å². The van der Waals surface area contributed by atoms with Crippen LogP contribution in [0.2, 0.25) is 0 Å². The third-order valence-corrected chi connectivity index (χ3v) is 7.89. The van der Waals surface area contributed by atoms with Crippen LogP contribution in [0.5, 0.6) is 0 Å². The highest BCUT2D eigenvalue weighted by atomic mass is 16.3. The van der Waals surface area contributed by atoms with E-state index in [1.165, 1.54) is 0 Å². The molecular weight excluding hydrogens is 300 g/mol. The zero-order valence-electron chi connectivity index (χ0n) is 14.4. The van der Waals surface area contributed by atoms with E-state index in [0.29, 0.717) is 37.0 Å². The van der Waals surface area contributed by atoms with Gasteiger partial charge in [-0.1, -0.05) is 12.8 Å². The monoisotopic (exact) mass is 326 g/mol. The van der Waals surface area contributed by atoms with Gasteiger partial charge in [-0.2, -0.15) is 0 Å². The molecule has 0 amide bonds. The van der Waals surface area contributed by atoms with Crippen molar-refractivity contribution >= 4 is 11.6 Å². The maximum Gasteiger partial charge on any atom is 0.159 e. The minimum atomic E-state index is -1.01. The molecule has 0 aliphatic heterocycles. The highest BCUT2D eigenvalue weighted by molar-refractivity contribution is 6.05. The van der Waals surface area contributed by atoms with Crippen LogP contribution in [0.25, 0.3) is 0 Å². The van der Waals surface area contributed by atoms with Crippen molar-refractivity contribution in [3.05, 3.63) is 11.6 Å². The SMILES string of the molecule is C#C[C@]1(O)CC[C@@H]2[C@@H]3CC(=O)C4=CC(=O)CC[C@@H]4[C@@H]3CC[C@@]21CC. The molecule has 4 aliphatic carbocycles. The standard InChI is InChI=1S/C21H26O3/c1-3-20-9-7-15-14-6-5-13(22)11-17(14)19(23)12-16(15)18(20)8-10-21(20,24)4-2/h2,11,14-16,18,24H,3,5-10,12H2,1H3/t14-,15+,16-,18-,20+,21+/m1/s1. The smallest absolute Gasteiger partial charge is 0.159 e. The molecule has 6 atom stereocenters. The molecule has 1 N–H and O–H groups in total. The van der Waals surface area contributed by atoms with Gasteiger partial charge in [0.25, 0.3) is 0 Å². The average Bonchev–Trinajstić information content (AvgIpc) is 2.89. The van der Waals surface area contributed by atoms with Crippen molar-refractivity contribution in [2.24, 2.45) is 29.1 Å². The van der Waals surface area contributed by atoms with E-state index in [2.05, 4.69) is 12.8 Å². The van der Waals surface area contributed by atoms with Crippen molar-refractivity contribution in [3.8, 4) is 12.3 Å². The number of rotatable bonds is 1. The number of fused-ring (bicyclic) bond motifs is 5. The van der Waals surface area contributed by atoms with Crippen molar-refractivity contribution in [1.82, 2.24) is 0 Å². The topological polar surface area (TPSA) is 54.4 Å². The first-order valence-corrected chi connectivity index (χ1v) is 9.43. The summed E-state index contributed by atoms with van der Waals surface area (Å²) in [5, 5.41) is 11.1. The van der Waals surface area contributed by atoms with Crippen molar-refractivity contribution < 1.29 is 14.7 Å². The Morgan fingerprint density at radius 2 is 2.04 bits per heavy atom. The summed E-state index contributed by atoms with van der Waals surface area (Å²) in [6.45, 7) is 2.14. The zero-order chi connectivity index (χ0) is 17.1. The maximum atomic E-state index is 12.7. The molecule has 0 radical (unpaired) electrons. The molecule has 3 nitrogen and oxygen atoms in total.